The number of nitrogens with zero attached hydrogens (tertiary/aromatic N) is 1. The second-order valence-electron chi connectivity index (χ2n) is 4.22. The first kappa shape index (κ1) is 17.7. The van der Waals surface area contributed by atoms with E-state index in [4.69, 9.17) is 15.2 Å². The number of likely N-dealkylation sites (N-methyl/N-ethyl adjacent to an activating group) is 1. The lowest BCUT2D eigenvalue weighted by atomic mass is 10.3. The predicted octanol–water partition coefficient (Wildman–Crippen LogP) is 1.46. The number of nitrogens with two attached hydrogens (primary N) is 1. The third-order valence-corrected chi connectivity index (χ3v) is 4.88. The van der Waals surface area contributed by atoms with Gasteiger partial charge < -0.3 is 15.2 Å². The zero-order valence-corrected chi connectivity index (χ0v) is 13.2. The van der Waals surface area contributed by atoms with Gasteiger partial charge in [-0.15, -0.1) is 0 Å². The highest BCUT2D eigenvalue weighted by atomic mass is 32.2. The molecular weight excluding hydrogens is 299 g/mol. The Morgan fingerprint density at radius 1 is 1.33 bits per heavy atom. The average molecular weight is 320 g/mol. The van der Waals surface area contributed by atoms with E-state index in [2.05, 4.69) is 0 Å². The predicted molar refractivity (Wildman–Crippen MR) is 78.3 cm³/mol. The van der Waals surface area contributed by atoms with Crippen molar-refractivity contribution in [2.45, 2.75) is 18.7 Å². The highest BCUT2D eigenvalue weighted by Crippen LogP contribution is 2.29. The molecule has 8 heteroatoms. The molecule has 21 heavy (non-hydrogen) atoms. The van der Waals surface area contributed by atoms with Crippen molar-refractivity contribution in [1.29, 1.82) is 0 Å². The lowest BCUT2D eigenvalue weighted by Crippen LogP contribution is -2.34. The molecule has 0 radical (unpaired) electrons. The Hall–Kier alpha value is -1.38. The average Bonchev–Trinajstić information content (AvgIpc) is 2.43. The molecule has 2 N–H and O–H groups in total. The van der Waals surface area contributed by atoms with E-state index >= 15 is 0 Å². The molecule has 0 heterocycles. The Bertz CT molecular complexity index is 555. The number of ether oxygens (including phenoxy) is 2. The van der Waals surface area contributed by atoms with Crippen molar-refractivity contribution in [3.05, 3.63) is 17.9 Å². The number of methoxy groups -OCH3 is 1. The van der Waals surface area contributed by atoms with Crippen LogP contribution in [0.25, 0.3) is 0 Å². The summed E-state index contributed by atoms with van der Waals surface area (Å²) in [5, 5.41) is 0. The van der Waals surface area contributed by atoms with Crippen LogP contribution in [0.4, 0.5) is 10.1 Å². The second kappa shape index (κ2) is 7.58. The van der Waals surface area contributed by atoms with Gasteiger partial charge in [-0.25, -0.2) is 12.8 Å². The van der Waals surface area contributed by atoms with E-state index in [0.29, 0.717) is 6.61 Å². The van der Waals surface area contributed by atoms with Crippen LogP contribution < -0.4 is 10.5 Å². The maximum absolute atomic E-state index is 13.8. The summed E-state index contributed by atoms with van der Waals surface area (Å²) in [5.41, 5.74) is 5.56. The molecule has 0 saturated carbocycles. The van der Waals surface area contributed by atoms with Gasteiger partial charge in [0.15, 0.2) is 11.6 Å². The SMILES string of the molecule is CCOCCN(CC)S(=O)(=O)c1cc(N)c(OC)c(F)c1. The summed E-state index contributed by atoms with van der Waals surface area (Å²) in [5.74, 6) is -0.969. The van der Waals surface area contributed by atoms with E-state index in [-0.39, 0.29) is 36.0 Å². The highest BCUT2D eigenvalue weighted by Gasteiger charge is 2.25. The van der Waals surface area contributed by atoms with Gasteiger partial charge in [0, 0.05) is 19.7 Å². The van der Waals surface area contributed by atoms with Gasteiger partial charge in [0.05, 0.1) is 24.3 Å². The molecule has 0 saturated heterocycles. The number of halogens is 1. The molecule has 1 aromatic carbocycles. The van der Waals surface area contributed by atoms with Crippen LogP contribution >= 0.6 is 0 Å². The number of benzene rings is 1. The number of hydrogen-bond donors (Lipinski definition) is 1. The molecule has 6 nitrogen and oxygen atoms in total. The fraction of sp³-hybridized carbons (Fsp3) is 0.538. The van der Waals surface area contributed by atoms with Crippen molar-refractivity contribution in [2.75, 3.05) is 39.1 Å². The first-order chi connectivity index (χ1) is 9.88. The number of sulfonamides is 1. The first-order valence-electron chi connectivity index (χ1n) is 6.59. The second-order valence-corrected chi connectivity index (χ2v) is 6.16. The number of rotatable bonds is 8. The number of hydrogen-bond acceptors (Lipinski definition) is 5. The quantitative estimate of drug-likeness (QED) is 0.579. The first-order valence-corrected chi connectivity index (χ1v) is 8.03. The zero-order valence-electron chi connectivity index (χ0n) is 12.4. The summed E-state index contributed by atoms with van der Waals surface area (Å²) in [6.45, 7) is 4.75. The van der Waals surface area contributed by atoms with Gasteiger partial charge in [0.2, 0.25) is 10.0 Å². The minimum Gasteiger partial charge on any atom is -0.492 e. The van der Waals surface area contributed by atoms with Gasteiger partial charge in [-0.2, -0.15) is 4.31 Å². The van der Waals surface area contributed by atoms with E-state index < -0.39 is 15.8 Å². The number of anilines is 1. The molecule has 0 fully saturated rings. The van der Waals surface area contributed by atoms with Gasteiger partial charge in [0.1, 0.15) is 0 Å². The minimum atomic E-state index is -3.82. The summed E-state index contributed by atoms with van der Waals surface area (Å²) in [7, 11) is -2.56. The van der Waals surface area contributed by atoms with Crippen LogP contribution in [0.3, 0.4) is 0 Å². The Labute approximate surface area is 124 Å². The molecule has 0 spiro atoms. The van der Waals surface area contributed by atoms with Crippen molar-refractivity contribution >= 4 is 15.7 Å². The Balaban J connectivity index is 3.11. The van der Waals surface area contributed by atoms with Crippen molar-refractivity contribution in [1.82, 2.24) is 4.31 Å². The molecule has 0 unspecified atom stereocenters. The van der Waals surface area contributed by atoms with Gasteiger partial charge in [0.25, 0.3) is 0 Å². The van der Waals surface area contributed by atoms with Crippen LogP contribution in [0.5, 0.6) is 5.75 Å². The maximum atomic E-state index is 13.8. The highest BCUT2D eigenvalue weighted by molar-refractivity contribution is 7.89. The lowest BCUT2D eigenvalue weighted by molar-refractivity contribution is 0.135. The van der Waals surface area contributed by atoms with Gasteiger partial charge >= 0.3 is 0 Å². The Morgan fingerprint density at radius 2 is 2.00 bits per heavy atom. The van der Waals surface area contributed by atoms with Crippen LogP contribution in [0.2, 0.25) is 0 Å². The molecule has 1 rings (SSSR count). The van der Waals surface area contributed by atoms with Crippen LogP contribution in [-0.4, -0.2) is 46.1 Å². The monoisotopic (exact) mass is 320 g/mol. The largest absolute Gasteiger partial charge is 0.492 e. The Morgan fingerprint density at radius 3 is 2.48 bits per heavy atom. The molecule has 0 aliphatic rings. The fourth-order valence-electron chi connectivity index (χ4n) is 1.86. The molecule has 0 aliphatic heterocycles. The topological polar surface area (TPSA) is 81.9 Å². The van der Waals surface area contributed by atoms with E-state index in [0.717, 1.165) is 6.07 Å². The molecule has 0 aliphatic carbocycles. The lowest BCUT2D eigenvalue weighted by Gasteiger charge is -2.21. The van der Waals surface area contributed by atoms with Crippen LogP contribution in [0.15, 0.2) is 17.0 Å². The fourth-order valence-corrected chi connectivity index (χ4v) is 3.34. The van der Waals surface area contributed by atoms with E-state index in [1.165, 1.54) is 17.5 Å². The summed E-state index contributed by atoms with van der Waals surface area (Å²) in [6, 6.07) is 2.11. The molecule has 1 aromatic rings. The van der Waals surface area contributed by atoms with Gasteiger partial charge in [-0.3, -0.25) is 0 Å². The van der Waals surface area contributed by atoms with E-state index in [9.17, 15) is 12.8 Å². The smallest absolute Gasteiger partial charge is 0.243 e. The van der Waals surface area contributed by atoms with E-state index in [1.54, 1.807) is 6.92 Å². The maximum Gasteiger partial charge on any atom is 0.243 e. The summed E-state index contributed by atoms with van der Waals surface area (Å²) >= 11 is 0. The standard InChI is InChI=1S/C13H21FN2O4S/c1-4-16(6-7-20-5-2)21(17,18)10-8-11(14)13(19-3)12(15)9-10/h8-9H,4-7,15H2,1-3H3. The third-order valence-electron chi connectivity index (χ3n) is 2.93. The van der Waals surface area contributed by atoms with Crippen molar-refractivity contribution in [3.8, 4) is 5.75 Å². The molecular formula is C13H21FN2O4S. The molecule has 0 aromatic heterocycles. The van der Waals surface area contributed by atoms with Crippen LogP contribution in [0, 0.1) is 5.82 Å². The van der Waals surface area contributed by atoms with Gasteiger partial charge in [-0.1, -0.05) is 6.92 Å². The van der Waals surface area contributed by atoms with Crippen molar-refractivity contribution in [3.63, 3.8) is 0 Å². The Kier molecular flexibility index (Phi) is 6.38. The van der Waals surface area contributed by atoms with Crippen LogP contribution in [-0.2, 0) is 14.8 Å². The zero-order chi connectivity index (χ0) is 16.0. The summed E-state index contributed by atoms with van der Waals surface area (Å²) in [4.78, 5) is -0.198. The summed E-state index contributed by atoms with van der Waals surface area (Å²) in [6.07, 6.45) is 0. The number of nitrogen functional groups attached to an aromatic ring is 1. The third kappa shape index (κ3) is 4.05. The van der Waals surface area contributed by atoms with Crippen molar-refractivity contribution < 1.29 is 22.3 Å². The summed E-state index contributed by atoms with van der Waals surface area (Å²) < 4.78 is 49.9. The molecule has 0 atom stereocenters. The van der Waals surface area contributed by atoms with E-state index in [1.807, 2.05) is 6.92 Å². The molecule has 120 valence electrons. The molecule has 0 bridgehead atoms. The minimum absolute atomic E-state index is 0.0584. The van der Waals surface area contributed by atoms with Crippen LogP contribution in [0.1, 0.15) is 13.8 Å². The molecule has 0 amide bonds. The van der Waals surface area contributed by atoms with Gasteiger partial charge in [-0.05, 0) is 19.1 Å². The van der Waals surface area contributed by atoms with Crippen molar-refractivity contribution in [2.24, 2.45) is 0 Å². The normalized spacial score (nSPS) is 11.9.